The molecule has 0 radical (unpaired) electrons. The molecule has 3 heteroatoms. The van der Waals surface area contributed by atoms with Crippen LogP contribution >= 0.6 is 0 Å². The maximum Gasteiger partial charge on any atom is 0.0430 e. The highest BCUT2D eigenvalue weighted by Crippen LogP contribution is 2.28. The summed E-state index contributed by atoms with van der Waals surface area (Å²) in [6.45, 7) is 2.31. The number of hydrogen-bond donors (Lipinski definition) is 1. The summed E-state index contributed by atoms with van der Waals surface area (Å²) in [5.74, 6) is 0. The SMILES string of the molecule is c1cc(N2C[C@@H]3C[C@H]2CN3)ccn1. The van der Waals surface area contributed by atoms with Crippen LogP contribution in [0.4, 0.5) is 5.69 Å². The predicted octanol–water partition coefficient (Wildman–Crippen LogP) is 0.632. The summed E-state index contributed by atoms with van der Waals surface area (Å²) >= 11 is 0. The molecule has 13 heavy (non-hydrogen) atoms. The van der Waals surface area contributed by atoms with Crippen LogP contribution in [0.15, 0.2) is 24.5 Å². The largest absolute Gasteiger partial charge is 0.366 e. The van der Waals surface area contributed by atoms with E-state index in [2.05, 4.69) is 27.3 Å². The number of nitrogens with zero attached hydrogens (tertiary/aromatic N) is 2. The number of anilines is 1. The lowest BCUT2D eigenvalue weighted by Gasteiger charge is -2.29. The Labute approximate surface area is 77.8 Å². The van der Waals surface area contributed by atoms with Crippen LogP contribution in [0.5, 0.6) is 0 Å². The highest BCUT2D eigenvalue weighted by molar-refractivity contribution is 5.48. The Kier molecular flexibility index (Phi) is 1.52. The lowest BCUT2D eigenvalue weighted by atomic mass is 10.2. The molecule has 1 N–H and O–H groups in total. The van der Waals surface area contributed by atoms with E-state index < -0.39 is 0 Å². The van der Waals surface area contributed by atoms with Crippen LogP contribution in [-0.4, -0.2) is 30.2 Å². The molecular weight excluding hydrogens is 162 g/mol. The summed E-state index contributed by atoms with van der Waals surface area (Å²) in [7, 11) is 0. The molecule has 0 aliphatic carbocycles. The second kappa shape index (κ2) is 2.70. The molecule has 3 heterocycles. The van der Waals surface area contributed by atoms with Crippen LogP contribution in [0.25, 0.3) is 0 Å². The topological polar surface area (TPSA) is 28.2 Å². The number of nitrogens with one attached hydrogen (secondary N) is 1. The fourth-order valence-electron chi connectivity index (χ4n) is 2.41. The monoisotopic (exact) mass is 175 g/mol. The van der Waals surface area contributed by atoms with Crippen LogP contribution in [0, 0.1) is 0 Å². The van der Waals surface area contributed by atoms with Gasteiger partial charge >= 0.3 is 0 Å². The quantitative estimate of drug-likeness (QED) is 0.678. The van der Waals surface area contributed by atoms with Gasteiger partial charge in [0.2, 0.25) is 0 Å². The molecule has 3 rings (SSSR count). The minimum Gasteiger partial charge on any atom is -0.366 e. The van der Waals surface area contributed by atoms with E-state index in [1.807, 2.05) is 12.4 Å². The molecule has 0 spiro atoms. The molecule has 0 unspecified atom stereocenters. The third-order valence-electron chi connectivity index (χ3n) is 3.05. The zero-order chi connectivity index (χ0) is 8.67. The van der Waals surface area contributed by atoms with Gasteiger partial charge in [-0.2, -0.15) is 0 Å². The summed E-state index contributed by atoms with van der Waals surface area (Å²) in [6, 6.07) is 5.63. The summed E-state index contributed by atoms with van der Waals surface area (Å²) in [4.78, 5) is 6.53. The van der Waals surface area contributed by atoms with Crippen molar-refractivity contribution < 1.29 is 0 Å². The molecule has 3 nitrogen and oxygen atoms in total. The summed E-state index contributed by atoms with van der Waals surface area (Å²) in [5.41, 5.74) is 1.32. The van der Waals surface area contributed by atoms with Gasteiger partial charge in [0.25, 0.3) is 0 Å². The smallest absolute Gasteiger partial charge is 0.0430 e. The highest BCUT2D eigenvalue weighted by Gasteiger charge is 2.37. The van der Waals surface area contributed by atoms with Gasteiger partial charge in [-0.1, -0.05) is 0 Å². The Balaban J connectivity index is 1.87. The normalized spacial score (nSPS) is 31.2. The molecule has 0 aromatic carbocycles. The molecule has 0 amide bonds. The molecule has 2 fully saturated rings. The maximum atomic E-state index is 4.04. The van der Waals surface area contributed by atoms with Crippen LogP contribution in [0.2, 0.25) is 0 Å². The van der Waals surface area contributed by atoms with Gasteiger partial charge in [0.1, 0.15) is 0 Å². The Morgan fingerprint density at radius 3 is 2.85 bits per heavy atom. The van der Waals surface area contributed by atoms with E-state index in [-0.39, 0.29) is 0 Å². The first-order valence-corrected chi connectivity index (χ1v) is 4.83. The highest BCUT2D eigenvalue weighted by atomic mass is 15.3. The van der Waals surface area contributed by atoms with Crippen LogP contribution in [-0.2, 0) is 0 Å². The molecule has 1 aromatic heterocycles. The fraction of sp³-hybridized carbons (Fsp3) is 0.500. The van der Waals surface area contributed by atoms with Gasteiger partial charge in [-0.25, -0.2) is 0 Å². The van der Waals surface area contributed by atoms with E-state index >= 15 is 0 Å². The van der Waals surface area contributed by atoms with E-state index in [1.165, 1.54) is 12.1 Å². The van der Waals surface area contributed by atoms with Crippen molar-refractivity contribution in [3.63, 3.8) is 0 Å². The average Bonchev–Trinajstić information content (AvgIpc) is 2.80. The summed E-state index contributed by atoms with van der Waals surface area (Å²) in [6.07, 6.45) is 5.05. The zero-order valence-corrected chi connectivity index (χ0v) is 7.48. The van der Waals surface area contributed by atoms with E-state index in [0.29, 0.717) is 6.04 Å². The predicted molar refractivity (Wildman–Crippen MR) is 51.8 cm³/mol. The first-order chi connectivity index (χ1) is 6.43. The number of pyridine rings is 1. The number of hydrogen-bond acceptors (Lipinski definition) is 3. The maximum absolute atomic E-state index is 4.04. The summed E-state index contributed by atoms with van der Waals surface area (Å²) < 4.78 is 0. The van der Waals surface area contributed by atoms with Crippen molar-refractivity contribution in [1.82, 2.24) is 10.3 Å². The number of rotatable bonds is 1. The second-order valence-corrected chi connectivity index (χ2v) is 3.85. The molecule has 2 aliphatic heterocycles. The van der Waals surface area contributed by atoms with Gasteiger partial charge in [-0.15, -0.1) is 0 Å². The van der Waals surface area contributed by atoms with Crippen molar-refractivity contribution in [2.45, 2.75) is 18.5 Å². The van der Waals surface area contributed by atoms with E-state index in [4.69, 9.17) is 0 Å². The number of aromatic nitrogens is 1. The molecule has 2 saturated heterocycles. The Hall–Kier alpha value is -1.09. The van der Waals surface area contributed by atoms with Crippen molar-refractivity contribution in [2.24, 2.45) is 0 Å². The molecule has 2 bridgehead atoms. The van der Waals surface area contributed by atoms with E-state index in [1.54, 1.807) is 0 Å². The average molecular weight is 175 g/mol. The zero-order valence-electron chi connectivity index (χ0n) is 7.48. The Morgan fingerprint density at radius 1 is 1.38 bits per heavy atom. The lowest BCUT2D eigenvalue weighted by molar-refractivity contribution is 0.580. The lowest BCUT2D eigenvalue weighted by Crippen LogP contribution is -2.43. The van der Waals surface area contributed by atoms with Gasteiger partial charge in [0.05, 0.1) is 0 Å². The molecule has 2 atom stereocenters. The number of piperazine rings is 1. The van der Waals surface area contributed by atoms with Crippen molar-refractivity contribution in [2.75, 3.05) is 18.0 Å². The van der Waals surface area contributed by atoms with Gasteiger partial charge < -0.3 is 10.2 Å². The molecular formula is C10H13N3. The van der Waals surface area contributed by atoms with Gasteiger partial charge in [0.15, 0.2) is 0 Å². The van der Waals surface area contributed by atoms with Crippen LogP contribution in [0.1, 0.15) is 6.42 Å². The fourth-order valence-corrected chi connectivity index (χ4v) is 2.41. The van der Waals surface area contributed by atoms with E-state index in [0.717, 1.165) is 19.1 Å². The minimum atomic E-state index is 0.715. The first-order valence-electron chi connectivity index (χ1n) is 4.83. The van der Waals surface area contributed by atoms with Crippen molar-refractivity contribution >= 4 is 5.69 Å². The second-order valence-electron chi connectivity index (χ2n) is 3.85. The standard InChI is InChI=1S/C10H13N3/c1-3-11-4-2-9(1)13-7-8-5-10(13)6-12-8/h1-4,8,10,12H,5-7H2/t8-,10-/m0/s1. The van der Waals surface area contributed by atoms with Crippen molar-refractivity contribution in [3.8, 4) is 0 Å². The third kappa shape index (κ3) is 1.11. The first kappa shape index (κ1) is 7.33. The minimum absolute atomic E-state index is 0.715. The van der Waals surface area contributed by atoms with E-state index in [9.17, 15) is 0 Å². The van der Waals surface area contributed by atoms with Gasteiger partial charge in [-0.05, 0) is 18.6 Å². The molecule has 1 aromatic rings. The third-order valence-corrected chi connectivity index (χ3v) is 3.05. The van der Waals surface area contributed by atoms with Crippen molar-refractivity contribution in [1.29, 1.82) is 0 Å². The van der Waals surface area contributed by atoms with Crippen LogP contribution in [0.3, 0.4) is 0 Å². The molecule has 68 valence electrons. The molecule has 0 saturated carbocycles. The van der Waals surface area contributed by atoms with Gasteiger partial charge in [-0.3, -0.25) is 4.98 Å². The summed E-state index contributed by atoms with van der Waals surface area (Å²) in [5, 5.41) is 3.50. The van der Waals surface area contributed by atoms with Gasteiger partial charge in [0, 0.05) is 43.3 Å². The van der Waals surface area contributed by atoms with Crippen LogP contribution < -0.4 is 10.2 Å². The molecule has 2 aliphatic rings. The number of fused-ring (bicyclic) bond motifs is 2. The Bertz CT molecular complexity index is 298. The Morgan fingerprint density at radius 2 is 2.23 bits per heavy atom. The van der Waals surface area contributed by atoms with Crippen molar-refractivity contribution in [3.05, 3.63) is 24.5 Å².